The molecule has 1 fully saturated rings. The molecule has 11 heteroatoms. The molecule has 1 saturated heterocycles. The van der Waals surface area contributed by atoms with Gasteiger partial charge in [0.05, 0.1) is 6.61 Å². The van der Waals surface area contributed by atoms with Crippen molar-refractivity contribution in [1.82, 2.24) is 9.55 Å². The third-order valence-electron chi connectivity index (χ3n) is 2.81. The molecule has 9 nitrogen and oxygen atoms in total. The molecule has 4 N–H and O–H groups in total. The lowest BCUT2D eigenvalue weighted by atomic mass is 10.1. The highest BCUT2D eigenvalue weighted by molar-refractivity contribution is 7.32. The number of nitrogens with two attached hydrogens (primary N) is 1. The minimum absolute atomic E-state index is 0.0356. The maximum atomic E-state index is 14.2. The van der Waals surface area contributed by atoms with E-state index in [1.165, 1.54) is 12.3 Å². The first-order valence-electron chi connectivity index (χ1n) is 5.58. The Labute approximate surface area is 112 Å². The number of aliphatic hydroxyl groups excluding tert-OH is 1. The van der Waals surface area contributed by atoms with E-state index in [-0.39, 0.29) is 5.82 Å². The van der Waals surface area contributed by atoms with E-state index in [9.17, 15) is 13.8 Å². The number of alkyl halides is 1. The Balaban J connectivity index is 2.29. The first-order chi connectivity index (χ1) is 9.43. The summed E-state index contributed by atoms with van der Waals surface area (Å²) in [7, 11) is -3.42. The summed E-state index contributed by atoms with van der Waals surface area (Å²) in [4.78, 5) is 23.7. The van der Waals surface area contributed by atoms with E-state index in [0.717, 1.165) is 4.57 Å². The number of aromatic nitrogens is 2. The lowest BCUT2D eigenvalue weighted by Gasteiger charge is -2.16. The van der Waals surface area contributed by atoms with Gasteiger partial charge in [0.2, 0.25) is 0 Å². The molecule has 0 spiro atoms. The third-order valence-corrected chi connectivity index (χ3v) is 3.28. The molecular formula is C9H13FN3O6P. The van der Waals surface area contributed by atoms with Crippen molar-refractivity contribution in [2.75, 3.05) is 12.3 Å². The van der Waals surface area contributed by atoms with Gasteiger partial charge in [0, 0.05) is 6.20 Å². The van der Waals surface area contributed by atoms with Crippen molar-refractivity contribution < 1.29 is 28.2 Å². The van der Waals surface area contributed by atoms with Gasteiger partial charge in [-0.25, -0.2) is 9.18 Å². The molecule has 0 radical (unpaired) electrons. The van der Waals surface area contributed by atoms with E-state index < -0.39 is 45.2 Å². The summed E-state index contributed by atoms with van der Waals surface area (Å²) in [6, 6.07) is 1.27. The van der Waals surface area contributed by atoms with E-state index in [1.807, 2.05) is 0 Å². The zero-order valence-electron chi connectivity index (χ0n) is 10.0. The van der Waals surface area contributed by atoms with Crippen LogP contribution in [-0.2, 0) is 13.8 Å². The second-order valence-corrected chi connectivity index (χ2v) is 4.85. The molecule has 5 unspecified atom stereocenters. The molecule has 20 heavy (non-hydrogen) atoms. The van der Waals surface area contributed by atoms with E-state index in [0.29, 0.717) is 0 Å². The van der Waals surface area contributed by atoms with Crippen LogP contribution in [0.2, 0.25) is 0 Å². The van der Waals surface area contributed by atoms with Gasteiger partial charge in [0.1, 0.15) is 18.0 Å². The maximum Gasteiger partial charge on any atom is 0.351 e. The summed E-state index contributed by atoms with van der Waals surface area (Å²) in [6.07, 6.45) is -4.78. The molecule has 1 aliphatic rings. The van der Waals surface area contributed by atoms with Gasteiger partial charge in [0.15, 0.2) is 12.4 Å². The molecule has 2 heterocycles. The zero-order valence-corrected chi connectivity index (χ0v) is 11.0. The third kappa shape index (κ3) is 2.89. The molecule has 0 aliphatic carbocycles. The minimum Gasteiger partial charge on any atom is -0.394 e. The Morgan fingerprint density at radius 2 is 2.35 bits per heavy atom. The zero-order chi connectivity index (χ0) is 14.9. The average Bonchev–Trinajstić information content (AvgIpc) is 2.67. The molecule has 2 rings (SSSR count). The quantitative estimate of drug-likeness (QED) is 0.591. The van der Waals surface area contributed by atoms with Crippen molar-refractivity contribution in [1.29, 1.82) is 0 Å². The van der Waals surface area contributed by atoms with Crippen molar-refractivity contribution in [3.8, 4) is 0 Å². The molecule has 112 valence electrons. The van der Waals surface area contributed by atoms with Crippen LogP contribution in [0.3, 0.4) is 0 Å². The normalized spacial score (nSPS) is 31.4. The van der Waals surface area contributed by atoms with Crippen LogP contribution in [0.15, 0.2) is 17.1 Å². The van der Waals surface area contributed by atoms with Crippen molar-refractivity contribution in [3.05, 3.63) is 22.7 Å². The number of ether oxygens (including phenoxy) is 1. The van der Waals surface area contributed by atoms with Gasteiger partial charge < -0.3 is 25.0 Å². The molecule has 5 atom stereocenters. The fraction of sp³-hybridized carbons (Fsp3) is 0.556. The van der Waals surface area contributed by atoms with Crippen LogP contribution in [0.1, 0.15) is 6.23 Å². The fourth-order valence-electron chi connectivity index (χ4n) is 1.94. The summed E-state index contributed by atoms with van der Waals surface area (Å²) in [6.45, 7) is -0.631. The number of nitrogen functional groups attached to an aromatic ring is 1. The summed E-state index contributed by atoms with van der Waals surface area (Å²) in [5.41, 5.74) is 4.47. The van der Waals surface area contributed by atoms with Gasteiger partial charge >= 0.3 is 13.9 Å². The van der Waals surface area contributed by atoms with Gasteiger partial charge in [-0.2, -0.15) is 4.98 Å². The van der Waals surface area contributed by atoms with Gasteiger partial charge in [0.25, 0.3) is 0 Å². The Bertz CT molecular complexity index is 569. The molecule has 0 saturated carbocycles. The van der Waals surface area contributed by atoms with Crippen LogP contribution in [0.5, 0.6) is 0 Å². The number of hydrogen-bond donors (Lipinski definition) is 3. The van der Waals surface area contributed by atoms with Crippen LogP contribution in [0.25, 0.3) is 0 Å². The Morgan fingerprint density at radius 1 is 1.65 bits per heavy atom. The molecule has 1 aliphatic heterocycles. The lowest BCUT2D eigenvalue weighted by molar-refractivity contribution is -0.0469. The highest BCUT2D eigenvalue weighted by atomic mass is 31.1. The van der Waals surface area contributed by atoms with Crippen LogP contribution >= 0.6 is 8.25 Å². The standard InChI is InChI=1S/C9H13FN3O6P/c10-6-7(19-20(16)17)4(3-14)18-8(6)13-2-1-5(11)12-9(13)15/h1-2,4,6-8,14,20H,3H2,(H,16,17)(H2,11,12,15). The Morgan fingerprint density at radius 3 is 2.90 bits per heavy atom. The largest absolute Gasteiger partial charge is 0.394 e. The first-order valence-corrected chi connectivity index (χ1v) is 6.85. The van der Waals surface area contributed by atoms with E-state index in [2.05, 4.69) is 9.51 Å². The van der Waals surface area contributed by atoms with Crippen molar-refractivity contribution in [2.24, 2.45) is 0 Å². The van der Waals surface area contributed by atoms with Crippen molar-refractivity contribution >= 4 is 14.1 Å². The second kappa shape index (κ2) is 5.98. The van der Waals surface area contributed by atoms with Crippen molar-refractivity contribution in [2.45, 2.75) is 24.6 Å². The lowest BCUT2D eigenvalue weighted by Crippen LogP contribution is -2.34. The number of aliphatic hydroxyl groups is 1. The predicted octanol–water partition coefficient (Wildman–Crippen LogP) is -1.18. The Kier molecular flexibility index (Phi) is 4.51. The Hall–Kier alpha value is -1.32. The molecule has 1 aromatic rings. The maximum absolute atomic E-state index is 14.2. The second-order valence-electron chi connectivity index (χ2n) is 4.08. The molecular weight excluding hydrogens is 296 g/mol. The molecule has 0 amide bonds. The summed E-state index contributed by atoms with van der Waals surface area (Å²) in [5, 5.41) is 9.08. The van der Waals surface area contributed by atoms with Gasteiger partial charge in [-0.05, 0) is 6.07 Å². The number of nitrogens with zero attached hydrogens (tertiary/aromatic N) is 2. The topological polar surface area (TPSA) is 137 Å². The van der Waals surface area contributed by atoms with Crippen LogP contribution in [-0.4, -0.2) is 44.5 Å². The van der Waals surface area contributed by atoms with Gasteiger partial charge in [-0.3, -0.25) is 9.13 Å². The van der Waals surface area contributed by atoms with E-state index >= 15 is 0 Å². The monoisotopic (exact) mass is 309 g/mol. The number of rotatable bonds is 4. The predicted molar refractivity (Wildman–Crippen MR) is 64.9 cm³/mol. The van der Waals surface area contributed by atoms with Gasteiger partial charge in [-0.15, -0.1) is 0 Å². The first kappa shape index (κ1) is 15.1. The summed E-state index contributed by atoms with van der Waals surface area (Å²) < 4.78 is 35.4. The highest BCUT2D eigenvalue weighted by Crippen LogP contribution is 2.36. The van der Waals surface area contributed by atoms with E-state index in [4.69, 9.17) is 20.5 Å². The van der Waals surface area contributed by atoms with Crippen LogP contribution in [0.4, 0.5) is 10.2 Å². The molecule has 0 bridgehead atoms. The highest BCUT2D eigenvalue weighted by Gasteiger charge is 2.47. The van der Waals surface area contributed by atoms with Crippen LogP contribution < -0.4 is 11.4 Å². The average molecular weight is 309 g/mol. The number of halogens is 1. The van der Waals surface area contributed by atoms with Crippen LogP contribution in [0, 0.1) is 0 Å². The molecule has 0 aromatic carbocycles. The number of hydrogen-bond acceptors (Lipinski definition) is 7. The van der Waals surface area contributed by atoms with E-state index in [1.54, 1.807) is 0 Å². The van der Waals surface area contributed by atoms with Crippen molar-refractivity contribution in [3.63, 3.8) is 0 Å². The molecule has 1 aromatic heterocycles. The fourth-order valence-corrected chi connectivity index (χ4v) is 2.46. The number of anilines is 1. The SMILES string of the molecule is Nc1ccn(C2OC(CO)C(O[PH](=O)O)C2F)c(=O)n1. The smallest absolute Gasteiger partial charge is 0.351 e. The minimum atomic E-state index is -3.42. The summed E-state index contributed by atoms with van der Waals surface area (Å²) >= 11 is 0. The summed E-state index contributed by atoms with van der Waals surface area (Å²) in [5.74, 6) is -0.0356. The van der Waals surface area contributed by atoms with Gasteiger partial charge in [-0.1, -0.05) is 0 Å².